The van der Waals surface area contributed by atoms with Gasteiger partial charge in [-0.05, 0) is 35.7 Å². The minimum atomic E-state index is -0.367. The van der Waals surface area contributed by atoms with Gasteiger partial charge in [0, 0.05) is 13.6 Å². The molecule has 0 fully saturated rings. The van der Waals surface area contributed by atoms with Crippen LogP contribution in [0.5, 0.6) is 5.75 Å². The minimum Gasteiger partial charge on any atom is -0.493 e. The van der Waals surface area contributed by atoms with Crippen LogP contribution in [0.2, 0.25) is 0 Å². The van der Waals surface area contributed by atoms with Crippen molar-refractivity contribution in [1.29, 1.82) is 0 Å². The average molecular weight is 450 g/mol. The summed E-state index contributed by atoms with van der Waals surface area (Å²) >= 11 is 3.10. The van der Waals surface area contributed by atoms with Gasteiger partial charge in [-0.25, -0.2) is 0 Å². The normalized spacial score (nSPS) is 10.4. The van der Waals surface area contributed by atoms with Crippen LogP contribution in [0, 0.1) is 0 Å². The third-order valence-electron chi connectivity index (χ3n) is 4.05. The van der Waals surface area contributed by atoms with Crippen molar-refractivity contribution in [2.24, 2.45) is 0 Å². The molecule has 2 rings (SSSR count). The smallest absolute Gasteiger partial charge is 0.255 e. The van der Waals surface area contributed by atoms with E-state index in [0.717, 1.165) is 23.6 Å². The van der Waals surface area contributed by atoms with E-state index in [1.54, 1.807) is 6.07 Å². The van der Waals surface area contributed by atoms with E-state index in [4.69, 9.17) is 4.74 Å². The van der Waals surface area contributed by atoms with Crippen molar-refractivity contribution in [3.05, 3.63) is 42.0 Å². The molecule has 0 saturated heterocycles. The maximum absolute atomic E-state index is 12.5. The Labute approximate surface area is 172 Å². The van der Waals surface area contributed by atoms with Crippen LogP contribution in [-0.2, 0) is 9.59 Å². The molecule has 0 aromatic heterocycles. The van der Waals surface area contributed by atoms with Crippen molar-refractivity contribution >= 4 is 44.4 Å². The molecule has 7 nitrogen and oxygen atoms in total. The number of ether oxygens (including phenoxy) is 1. The first kappa shape index (κ1) is 21.7. The number of hydrogen-bond donors (Lipinski definition) is 3. The Kier molecular flexibility index (Phi) is 8.74. The lowest BCUT2D eigenvalue weighted by atomic mass is 10.1. The van der Waals surface area contributed by atoms with E-state index in [9.17, 15) is 14.4 Å². The highest BCUT2D eigenvalue weighted by Gasteiger charge is 2.15. The zero-order valence-corrected chi connectivity index (χ0v) is 17.3. The fourth-order valence-electron chi connectivity index (χ4n) is 2.54. The first-order valence-corrected chi connectivity index (χ1v) is 10.1. The van der Waals surface area contributed by atoms with Gasteiger partial charge in [-0.3, -0.25) is 14.4 Å². The maximum atomic E-state index is 12.5. The Balaban J connectivity index is 2.03. The number of benzene rings is 2. The van der Waals surface area contributed by atoms with Crippen molar-refractivity contribution in [3.63, 3.8) is 0 Å². The van der Waals surface area contributed by atoms with Crippen LogP contribution in [0.3, 0.4) is 0 Å². The predicted octanol–water partition coefficient (Wildman–Crippen LogP) is 1.99. The van der Waals surface area contributed by atoms with Crippen molar-refractivity contribution in [2.75, 3.05) is 32.1 Å². The number of likely N-dealkylation sites (N-methyl/N-ethyl adjacent to an activating group) is 1. The molecule has 0 atom stereocenters. The fourth-order valence-corrected chi connectivity index (χ4v) is 2.74. The number of fused-ring (bicyclic) bond motifs is 1. The van der Waals surface area contributed by atoms with Crippen LogP contribution < -0.4 is 20.7 Å². The lowest BCUT2D eigenvalue weighted by Gasteiger charge is -2.13. The van der Waals surface area contributed by atoms with Crippen LogP contribution in [0.15, 0.2) is 36.4 Å². The largest absolute Gasteiger partial charge is 0.493 e. The zero-order valence-electron chi connectivity index (χ0n) is 15.7. The van der Waals surface area contributed by atoms with Crippen molar-refractivity contribution < 1.29 is 19.1 Å². The first-order valence-electron chi connectivity index (χ1n) is 9.02. The molecule has 0 heterocycles. The quantitative estimate of drug-likeness (QED) is 0.381. The summed E-state index contributed by atoms with van der Waals surface area (Å²) in [5.41, 5.74) is 0.384. The Morgan fingerprint density at radius 1 is 1.00 bits per heavy atom. The molecule has 2 aromatic rings. The zero-order chi connectivity index (χ0) is 20.4. The summed E-state index contributed by atoms with van der Waals surface area (Å²) in [4.78, 5) is 35.1. The number of hydrogen-bond acceptors (Lipinski definition) is 4. The van der Waals surface area contributed by atoms with E-state index in [2.05, 4.69) is 31.9 Å². The molecular formula is C20H24BrN3O4. The van der Waals surface area contributed by atoms with Crippen molar-refractivity contribution in [2.45, 2.75) is 12.8 Å². The van der Waals surface area contributed by atoms with Gasteiger partial charge in [0.15, 0.2) is 0 Å². The molecule has 3 amide bonds. The third-order valence-corrected chi connectivity index (χ3v) is 4.56. The van der Waals surface area contributed by atoms with Crippen LogP contribution >= 0.6 is 15.9 Å². The number of unbranched alkanes of at least 4 members (excludes halogenated alkanes) is 1. The van der Waals surface area contributed by atoms with Gasteiger partial charge in [0.05, 0.1) is 24.0 Å². The second kappa shape index (κ2) is 11.3. The lowest BCUT2D eigenvalue weighted by Crippen LogP contribution is -2.35. The number of nitrogens with one attached hydrogen (secondary N) is 3. The molecule has 0 aliphatic heterocycles. The molecule has 0 unspecified atom stereocenters. The molecule has 0 aliphatic carbocycles. The van der Waals surface area contributed by atoms with Crippen LogP contribution in [0.25, 0.3) is 10.8 Å². The van der Waals surface area contributed by atoms with Gasteiger partial charge >= 0.3 is 0 Å². The fraction of sp³-hybridized carbons (Fsp3) is 0.350. The van der Waals surface area contributed by atoms with E-state index in [0.29, 0.717) is 24.5 Å². The summed E-state index contributed by atoms with van der Waals surface area (Å²) < 4.78 is 5.85. The summed E-state index contributed by atoms with van der Waals surface area (Å²) in [6, 6.07) is 11.3. The second-order valence-corrected chi connectivity index (χ2v) is 6.65. The predicted molar refractivity (Wildman–Crippen MR) is 112 cm³/mol. The summed E-state index contributed by atoms with van der Waals surface area (Å²) in [6.07, 6.45) is 1.50. The van der Waals surface area contributed by atoms with Gasteiger partial charge in [0.25, 0.3) is 5.91 Å². The molecule has 0 spiro atoms. The van der Waals surface area contributed by atoms with Crippen molar-refractivity contribution in [1.82, 2.24) is 16.0 Å². The Morgan fingerprint density at radius 3 is 2.39 bits per heavy atom. The van der Waals surface area contributed by atoms with Gasteiger partial charge in [-0.15, -0.1) is 0 Å². The number of rotatable bonds is 10. The molecule has 2 aromatic carbocycles. The van der Waals surface area contributed by atoms with E-state index >= 15 is 0 Å². The molecule has 8 heteroatoms. The summed E-state index contributed by atoms with van der Waals surface area (Å²) in [7, 11) is 1.51. The van der Waals surface area contributed by atoms with E-state index in [-0.39, 0.29) is 29.6 Å². The summed E-state index contributed by atoms with van der Waals surface area (Å²) in [5, 5.41) is 10.0. The van der Waals surface area contributed by atoms with Gasteiger partial charge in [-0.1, -0.05) is 40.2 Å². The molecule has 0 saturated carbocycles. The number of amides is 3. The molecule has 3 N–H and O–H groups in total. The molecule has 0 bridgehead atoms. The Bertz CT molecular complexity index is 841. The highest BCUT2D eigenvalue weighted by atomic mass is 79.9. The highest BCUT2D eigenvalue weighted by Crippen LogP contribution is 2.26. The maximum Gasteiger partial charge on any atom is 0.255 e. The van der Waals surface area contributed by atoms with Crippen molar-refractivity contribution in [3.8, 4) is 5.75 Å². The second-order valence-electron chi connectivity index (χ2n) is 6.09. The Hall–Kier alpha value is -2.61. The molecule has 28 heavy (non-hydrogen) atoms. The number of alkyl halides is 1. The van der Waals surface area contributed by atoms with E-state index in [1.165, 1.54) is 7.05 Å². The minimum absolute atomic E-state index is 0.0504. The molecule has 0 aliphatic rings. The van der Waals surface area contributed by atoms with Gasteiger partial charge in [-0.2, -0.15) is 0 Å². The van der Waals surface area contributed by atoms with Gasteiger partial charge < -0.3 is 20.7 Å². The molecule has 150 valence electrons. The monoisotopic (exact) mass is 449 g/mol. The Morgan fingerprint density at radius 2 is 1.71 bits per heavy atom. The summed E-state index contributed by atoms with van der Waals surface area (Å²) in [6.45, 7) is 0.887. The average Bonchev–Trinajstić information content (AvgIpc) is 2.73. The first-order chi connectivity index (χ1) is 13.5. The lowest BCUT2D eigenvalue weighted by molar-refractivity contribution is -0.120. The van der Waals surface area contributed by atoms with E-state index in [1.807, 2.05) is 30.3 Å². The highest BCUT2D eigenvalue weighted by molar-refractivity contribution is 9.09. The van der Waals surface area contributed by atoms with Crippen LogP contribution in [-0.4, -0.2) is 49.8 Å². The number of carbonyl (C=O) groups is 3. The number of halogens is 1. The topological polar surface area (TPSA) is 96.5 Å². The molecular weight excluding hydrogens is 426 g/mol. The molecule has 0 radical (unpaired) electrons. The van der Waals surface area contributed by atoms with Gasteiger partial charge in [0.1, 0.15) is 5.75 Å². The standard InChI is InChI=1S/C20H24BrN3O4/c1-22-19(26)13-24-20(27)16-10-14-6-2-3-7-15(14)11-17(16)28-9-5-4-8-23-18(25)12-21/h2-3,6-7,10-11H,4-5,8-9,12-13H2,1H3,(H,22,26)(H,23,25)(H,24,27). The summed E-state index contributed by atoms with van der Waals surface area (Å²) in [5.74, 6) is -0.223. The number of carbonyl (C=O) groups excluding carboxylic acids is 3. The van der Waals surface area contributed by atoms with Gasteiger partial charge in [0.2, 0.25) is 11.8 Å². The SMILES string of the molecule is CNC(=O)CNC(=O)c1cc2ccccc2cc1OCCCCNC(=O)CBr. The van der Waals surface area contributed by atoms with Crippen LogP contribution in [0.1, 0.15) is 23.2 Å². The third kappa shape index (κ3) is 6.53. The van der Waals surface area contributed by atoms with E-state index < -0.39 is 0 Å². The van der Waals surface area contributed by atoms with Crippen LogP contribution in [0.4, 0.5) is 0 Å².